The third-order valence-electron chi connectivity index (χ3n) is 12.4. The van der Waals surface area contributed by atoms with Crippen LogP contribution in [-0.4, -0.2) is 25.0 Å². The van der Waals surface area contributed by atoms with Crippen LogP contribution in [0.25, 0.3) is 11.4 Å². The van der Waals surface area contributed by atoms with Crippen LogP contribution < -0.4 is 20.1 Å². The average molecular weight is 825 g/mol. The molecule has 60 heavy (non-hydrogen) atoms. The molecule has 2 amide bonds. The molecule has 6 nitrogen and oxygen atoms in total. The first-order chi connectivity index (χ1) is 27.7. The fourth-order valence-corrected chi connectivity index (χ4v) is 10.1. The highest BCUT2D eigenvalue weighted by Crippen LogP contribution is 2.39. The van der Waals surface area contributed by atoms with Gasteiger partial charge in [0.05, 0.1) is 35.8 Å². The van der Waals surface area contributed by atoms with Crippen molar-refractivity contribution in [1.82, 2.24) is 10.6 Å². The van der Waals surface area contributed by atoms with Gasteiger partial charge < -0.3 is 20.1 Å². The molecule has 0 aliphatic carbocycles. The summed E-state index contributed by atoms with van der Waals surface area (Å²) < 4.78 is 12.9. The maximum Gasteiger partial charge on any atom is 0.258 e. The van der Waals surface area contributed by atoms with E-state index in [1.807, 2.05) is 48.5 Å². The summed E-state index contributed by atoms with van der Waals surface area (Å²) in [5.41, 5.74) is 4.57. The minimum Gasteiger partial charge on any atom is -0.493 e. The van der Waals surface area contributed by atoms with E-state index >= 15 is 0 Å². The summed E-state index contributed by atoms with van der Waals surface area (Å²) in [6.07, 6.45) is 9.42. The molecule has 334 valence electrons. The van der Waals surface area contributed by atoms with Gasteiger partial charge in [0.15, 0.2) is 0 Å². The molecule has 0 aromatic heterocycles. The first kappa shape index (κ1) is 49.1. The van der Waals surface area contributed by atoms with E-state index < -0.39 is 0 Å². The molecule has 2 aliphatic rings. The fraction of sp³-hybridized carbons (Fsp3) is 0.667. The zero-order valence-corrected chi connectivity index (χ0v) is 40.8. The third-order valence-corrected chi connectivity index (χ3v) is 12.4. The van der Waals surface area contributed by atoms with Crippen LogP contribution in [0.1, 0.15) is 173 Å². The van der Waals surface area contributed by atoms with E-state index in [1.54, 1.807) is 0 Å². The first-order valence-corrected chi connectivity index (χ1v) is 23.3. The van der Waals surface area contributed by atoms with E-state index in [9.17, 15) is 9.59 Å². The van der Waals surface area contributed by atoms with Crippen molar-refractivity contribution in [3.05, 3.63) is 70.8 Å². The van der Waals surface area contributed by atoms with E-state index in [1.165, 1.54) is 25.7 Å². The van der Waals surface area contributed by atoms with Gasteiger partial charge in [-0.3, -0.25) is 9.59 Å². The van der Waals surface area contributed by atoms with Gasteiger partial charge in [-0.1, -0.05) is 124 Å². The highest BCUT2D eigenvalue weighted by molar-refractivity contribution is 6.30. The highest BCUT2D eigenvalue weighted by atomic mass is 16.5. The van der Waals surface area contributed by atoms with Gasteiger partial charge in [-0.2, -0.15) is 0 Å². The Morgan fingerprint density at radius 2 is 0.750 bits per heavy atom. The maximum absolute atomic E-state index is 13.5. The Bertz CT molecular complexity index is 1660. The van der Waals surface area contributed by atoms with Gasteiger partial charge in [-0.05, 0) is 155 Å². The Balaban J connectivity index is 1.45. The Labute approximate surface area is 366 Å². The molecule has 6 heteroatoms. The zero-order chi connectivity index (χ0) is 44.8. The molecule has 0 bridgehead atoms. The van der Waals surface area contributed by atoms with Gasteiger partial charge in [-0.15, -0.1) is 0 Å². The van der Waals surface area contributed by atoms with Crippen LogP contribution in [0.4, 0.5) is 0 Å². The number of amides is 2. The molecule has 2 heterocycles. The van der Waals surface area contributed by atoms with Crippen molar-refractivity contribution in [3.63, 3.8) is 0 Å². The van der Waals surface area contributed by atoms with E-state index in [0.29, 0.717) is 82.1 Å². The minimum absolute atomic E-state index is 0.257. The summed E-state index contributed by atoms with van der Waals surface area (Å²) >= 11 is 0. The number of carbonyl (C=O) groups excluding carboxylic acids is 2. The van der Waals surface area contributed by atoms with Gasteiger partial charge in [0, 0.05) is 0 Å². The molecule has 6 unspecified atom stereocenters. The Morgan fingerprint density at radius 3 is 1.03 bits per heavy atom. The summed E-state index contributed by atoms with van der Waals surface area (Å²) in [5.74, 6) is 4.37. The van der Waals surface area contributed by atoms with Crippen molar-refractivity contribution in [1.29, 1.82) is 0 Å². The number of carbonyl (C=O) groups is 2. The van der Waals surface area contributed by atoms with Crippen LogP contribution in [0, 0.1) is 57.2 Å². The molecule has 2 aromatic rings. The van der Waals surface area contributed by atoms with Gasteiger partial charge in [0.1, 0.15) is 11.5 Å². The number of hydrogen-bond donors (Lipinski definition) is 2. The predicted octanol–water partition coefficient (Wildman–Crippen LogP) is 13.9. The molecule has 0 spiro atoms. The molecule has 6 atom stereocenters. The van der Waals surface area contributed by atoms with Crippen molar-refractivity contribution in [3.8, 4) is 11.5 Å². The lowest BCUT2D eigenvalue weighted by molar-refractivity contribution is -0.117. The van der Waals surface area contributed by atoms with E-state index in [2.05, 4.69) is 121 Å². The second kappa shape index (κ2) is 20.1. The second-order valence-electron chi connectivity index (χ2n) is 24.0. The topological polar surface area (TPSA) is 76.7 Å². The number of ether oxygens (including phenoxy) is 2. The number of hydrogen-bond acceptors (Lipinski definition) is 4. The van der Waals surface area contributed by atoms with Crippen LogP contribution in [0.2, 0.25) is 0 Å². The summed E-state index contributed by atoms with van der Waals surface area (Å²) in [4.78, 5) is 27.0. The van der Waals surface area contributed by atoms with E-state index in [4.69, 9.17) is 9.47 Å². The van der Waals surface area contributed by atoms with Gasteiger partial charge in [0.25, 0.3) is 11.8 Å². The van der Waals surface area contributed by atoms with Crippen molar-refractivity contribution in [2.45, 2.75) is 162 Å². The molecule has 2 N–H and O–H groups in total. The number of benzene rings is 2. The molecule has 4 rings (SSSR count). The molecule has 0 fully saturated rings. The maximum atomic E-state index is 13.5. The van der Waals surface area contributed by atoms with E-state index in [-0.39, 0.29) is 22.6 Å². The van der Waals surface area contributed by atoms with Gasteiger partial charge in [0.2, 0.25) is 0 Å². The molecule has 2 aromatic carbocycles. The second-order valence-corrected chi connectivity index (χ2v) is 24.0. The quantitative estimate of drug-likeness (QED) is 0.139. The fourth-order valence-electron chi connectivity index (χ4n) is 10.1. The Morgan fingerprint density at radius 1 is 0.450 bits per heavy atom. The molecule has 2 aliphatic heterocycles. The Kier molecular flexibility index (Phi) is 16.5. The van der Waals surface area contributed by atoms with Crippen LogP contribution in [0.15, 0.2) is 59.7 Å². The largest absolute Gasteiger partial charge is 0.493 e. The van der Waals surface area contributed by atoms with Crippen molar-refractivity contribution < 1.29 is 19.1 Å². The molecular formula is C54H84N2O4. The number of rotatable bonds is 20. The van der Waals surface area contributed by atoms with Crippen LogP contribution in [0.5, 0.6) is 11.5 Å². The van der Waals surface area contributed by atoms with Crippen molar-refractivity contribution in [2.24, 2.45) is 57.2 Å². The SMILES string of the molecule is CC(CCC(COc1ccc(C2=C3C(=O)NC(c4ccc(OCC(CCC(C)CC(C)(C)C)C(C)CC(C)(C)C)cc4)=C3C(=O)N2)cc1)C(C)CC(C)(C)C)CC(C)(C)C. The lowest BCUT2D eigenvalue weighted by Crippen LogP contribution is -2.25. The summed E-state index contributed by atoms with van der Waals surface area (Å²) in [6.45, 7) is 38.8. The smallest absolute Gasteiger partial charge is 0.258 e. The predicted molar refractivity (Wildman–Crippen MR) is 252 cm³/mol. The average Bonchev–Trinajstić information content (AvgIpc) is 3.62. The third kappa shape index (κ3) is 15.4. The Hall–Kier alpha value is -3.54. The molecule has 0 saturated heterocycles. The standard InChI is InChI=1S/C54H84N2O4/c1-35(29-51(5,6)7)17-19-41(37(3)31-53(11,12)13)33-59-43-25-21-39(22-26-43)47-45-46(50(58)55-47)48(56-49(45)57)40-23-27-44(28-24-40)60-34-42(38(4)32-54(14,15)16)20-18-36(2)30-52(8,9)10/h21-28,35-38,41-42H,17-20,29-34H2,1-16H3,(H,55,58)(H,56,57). The van der Waals surface area contributed by atoms with Crippen molar-refractivity contribution >= 4 is 23.2 Å². The zero-order valence-electron chi connectivity index (χ0n) is 40.8. The van der Waals surface area contributed by atoms with Gasteiger partial charge in [-0.25, -0.2) is 0 Å². The monoisotopic (exact) mass is 825 g/mol. The normalized spacial score (nSPS) is 18.1. The summed E-state index contributed by atoms with van der Waals surface area (Å²) in [7, 11) is 0. The van der Waals surface area contributed by atoms with Crippen LogP contribution >= 0.6 is 0 Å². The lowest BCUT2D eigenvalue weighted by atomic mass is 9.76. The summed E-state index contributed by atoms with van der Waals surface area (Å²) in [5, 5.41) is 6.02. The van der Waals surface area contributed by atoms with Crippen LogP contribution in [0.3, 0.4) is 0 Å². The van der Waals surface area contributed by atoms with Crippen molar-refractivity contribution in [2.75, 3.05) is 13.2 Å². The number of nitrogens with one attached hydrogen (secondary N) is 2. The van der Waals surface area contributed by atoms with E-state index in [0.717, 1.165) is 48.3 Å². The molecule has 0 saturated carbocycles. The lowest BCUT2D eigenvalue weighted by Gasteiger charge is -2.31. The molecular weight excluding hydrogens is 741 g/mol. The highest BCUT2D eigenvalue weighted by Gasteiger charge is 2.41. The minimum atomic E-state index is -0.276. The summed E-state index contributed by atoms with van der Waals surface area (Å²) in [6, 6.07) is 15.6. The van der Waals surface area contributed by atoms with Crippen LogP contribution in [-0.2, 0) is 9.59 Å². The molecule has 0 radical (unpaired) electrons. The number of fused-ring (bicyclic) bond motifs is 1. The first-order valence-electron chi connectivity index (χ1n) is 23.3. The van der Waals surface area contributed by atoms with Gasteiger partial charge >= 0.3 is 0 Å².